The van der Waals surface area contributed by atoms with Crippen molar-refractivity contribution in [3.63, 3.8) is 0 Å². The average molecular weight is 436 g/mol. The Morgan fingerprint density at radius 2 is 2.28 bits per heavy atom. The lowest BCUT2D eigenvalue weighted by Crippen LogP contribution is -2.49. The number of aliphatic imine (C=N–C) groups is 1. The zero-order chi connectivity index (χ0) is 23.3. The number of likely N-dealkylation sites (tertiary alicyclic amines) is 1. The van der Waals surface area contributed by atoms with Gasteiger partial charge in [-0.05, 0) is 43.2 Å². The average Bonchev–Trinajstić information content (AvgIpc) is 3.21. The molecule has 1 aromatic carbocycles. The van der Waals surface area contributed by atoms with Gasteiger partial charge in [-0.15, -0.1) is 0 Å². The first-order valence-electron chi connectivity index (χ1n) is 10.2. The number of amides is 1. The number of aromatic nitrogens is 1. The number of halogens is 1. The smallest absolute Gasteiger partial charge is 0.291 e. The summed E-state index contributed by atoms with van der Waals surface area (Å²) in [4.78, 5) is 21.9. The molecule has 0 radical (unpaired) electrons. The van der Waals surface area contributed by atoms with Gasteiger partial charge in [0.05, 0.1) is 18.3 Å². The number of carbonyl (C=O) groups is 1. The molecule has 2 unspecified atom stereocenters. The molecule has 1 fully saturated rings. The second-order valence-electron chi connectivity index (χ2n) is 7.48. The van der Waals surface area contributed by atoms with Gasteiger partial charge in [-0.2, -0.15) is 5.26 Å². The van der Waals surface area contributed by atoms with Gasteiger partial charge in [-0.1, -0.05) is 12.6 Å². The summed E-state index contributed by atoms with van der Waals surface area (Å²) in [6.45, 7) is 9.53. The van der Waals surface area contributed by atoms with E-state index in [1.54, 1.807) is 31.3 Å². The largest absolute Gasteiger partial charge is 0.486 e. The molecular weight excluding hydrogens is 411 g/mol. The van der Waals surface area contributed by atoms with Crippen molar-refractivity contribution < 1.29 is 18.3 Å². The summed E-state index contributed by atoms with van der Waals surface area (Å²) in [6, 6.07) is 7.18. The number of benzene rings is 1. The molecular formula is C24H25FN4O3. The number of piperidine rings is 1. The van der Waals surface area contributed by atoms with Crippen LogP contribution < -0.4 is 4.74 Å². The van der Waals surface area contributed by atoms with Gasteiger partial charge in [0.25, 0.3) is 5.91 Å². The van der Waals surface area contributed by atoms with E-state index in [9.17, 15) is 14.4 Å². The first kappa shape index (κ1) is 22.9. The van der Waals surface area contributed by atoms with E-state index >= 15 is 0 Å². The third-order valence-corrected chi connectivity index (χ3v) is 5.07. The van der Waals surface area contributed by atoms with Crippen molar-refractivity contribution in [3.05, 3.63) is 65.5 Å². The van der Waals surface area contributed by atoms with Crippen LogP contribution in [0.1, 0.15) is 47.8 Å². The number of allylic oxidation sites excluding steroid dienone is 3. The maximum absolute atomic E-state index is 14.8. The highest BCUT2D eigenvalue weighted by molar-refractivity contribution is 5.91. The van der Waals surface area contributed by atoms with Crippen LogP contribution in [-0.2, 0) is 0 Å². The SMILES string of the molecule is C=C(/C=C(/C)N=CC)c1ccc(OC2CCN(C(=O)c3cnc(C)o3)CC2F)c(C#N)c1. The first-order chi connectivity index (χ1) is 15.3. The molecule has 1 saturated heterocycles. The maximum atomic E-state index is 14.8. The fraction of sp³-hybridized carbons (Fsp3) is 0.333. The summed E-state index contributed by atoms with van der Waals surface area (Å²) in [5.74, 6) is 0.366. The highest BCUT2D eigenvalue weighted by Gasteiger charge is 2.34. The van der Waals surface area contributed by atoms with Crippen LogP contribution in [0.15, 0.2) is 52.2 Å². The molecule has 2 atom stereocenters. The maximum Gasteiger partial charge on any atom is 0.291 e. The van der Waals surface area contributed by atoms with Gasteiger partial charge in [0.1, 0.15) is 17.9 Å². The molecule has 0 spiro atoms. The molecule has 32 heavy (non-hydrogen) atoms. The Bertz CT molecular complexity index is 1110. The number of hydrogen-bond acceptors (Lipinski definition) is 6. The number of aryl methyl sites for hydroxylation is 1. The van der Waals surface area contributed by atoms with E-state index in [0.717, 1.165) is 11.3 Å². The molecule has 1 amide bonds. The minimum atomic E-state index is -1.41. The van der Waals surface area contributed by atoms with Gasteiger partial charge in [0.15, 0.2) is 12.1 Å². The highest BCUT2D eigenvalue weighted by atomic mass is 19.1. The van der Waals surface area contributed by atoms with Crippen LogP contribution in [0.4, 0.5) is 4.39 Å². The van der Waals surface area contributed by atoms with E-state index in [0.29, 0.717) is 23.8 Å². The molecule has 1 aliphatic rings. The predicted molar refractivity (Wildman–Crippen MR) is 119 cm³/mol. The fourth-order valence-corrected chi connectivity index (χ4v) is 3.48. The predicted octanol–water partition coefficient (Wildman–Crippen LogP) is 4.49. The van der Waals surface area contributed by atoms with Crippen LogP contribution in [0.3, 0.4) is 0 Å². The number of ether oxygens (including phenoxy) is 1. The van der Waals surface area contributed by atoms with E-state index in [2.05, 4.69) is 22.6 Å². The Morgan fingerprint density at radius 1 is 1.50 bits per heavy atom. The topological polar surface area (TPSA) is 91.7 Å². The number of nitrogens with zero attached hydrogens (tertiary/aromatic N) is 4. The Hall–Kier alpha value is -3.73. The molecule has 3 rings (SSSR count). The highest BCUT2D eigenvalue weighted by Crippen LogP contribution is 2.28. The van der Waals surface area contributed by atoms with Crippen LogP contribution in [0.2, 0.25) is 0 Å². The number of rotatable bonds is 6. The Labute approximate surface area is 186 Å². The summed E-state index contributed by atoms with van der Waals surface area (Å²) >= 11 is 0. The Balaban J connectivity index is 1.68. The van der Waals surface area contributed by atoms with Crippen molar-refractivity contribution >= 4 is 17.7 Å². The van der Waals surface area contributed by atoms with E-state index in [-0.39, 0.29) is 24.3 Å². The number of carbonyl (C=O) groups excluding carboxylic acids is 1. The summed E-state index contributed by atoms with van der Waals surface area (Å²) in [7, 11) is 0. The van der Waals surface area contributed by atoms with Crippen LogP contribution in [0.25, 0.3) is 5.57 Å². The molecule has 7 nitrogen and oxygen atoms in total. The third kappa shape index (κ3) is 5.30. The number of oxazole rings is 1. The van der Waals surface area contributed by atoms with Crippen molar-refractivity contribution in [3.8, 4) is 11.8 Å². The third-order valence-electron chi connectivity index (χ3n) is 5.07. The molecule has 166 valence electrons. The Kier molecular flexibility index (Phi) is 7.21. The monoisotopic (exact) mass is 436 g/mol. The lowest BCUT2D eigenvalue weighted by molar-refractivity contribution is 0.0186. The molecule has 0 aliphatic carbocycles. The summed E-state index contributed by atoms with van der Waals surface area (Å²) in [5, 5.41) is 9.57. The van der Waals surface area contributed by atoms with Gasteiger partial charge in [-0.25, -0.2) is 9.37 Å². The number of hydrogen-bond donors (Lipinski definition) is 0. The van der Waals surface area contributed by atoms with Crippen molar-refractivity contribution in [2.75, 3.05) is 13.1 Å². The second-order valence-corrected chi connectivity index (χ2v) is 7.48. The molecule has 0 bridgehead atoms. The van der Waals surface area contributed by atoms with Gasteiger partial charge in [0, 0.05) is 31.8 Å². The summed E-state index contributed by atoms with van der Waals surface area (Å²) in [6.07, 6.45) is 2.96. The van der Waals surface area contributed by atoms with Gasteiger partial charge < -0.3 is 14.1 Å². The lowest BCUT2D eigenvalue weighted by Gasteiger charge is -2.34. The van der Waals surface area contributed by atoms with Crippen molar-refractivity contribution in [1.82, 2.24) is 9.88 Å². The van der Waals surface area contributed by atoms with E-state index < -0.39 is 18.2 Å². The summed E-state index contributed by atoms with van der Waals surface area (Å²) in [5.41, 5.74) is 2.53. The normalized spacial score (nSPS) is 19.1. The first-order valence-corrected chi connectivity index (χ1v) is 10.2. The number of nitriles is 1. The summed E-state index contributed by atoms with van der Waals surface area (Å²) < 4.78 is 25.9. The number of alkyl halides is 1. The van der Waals surface area contributed by atoms with Crippen molar-refractivity contribution in [2.45, 2.75) is 39.5 Å². The molecule has 1 aromatic heterocycles. The molecule has 0 saturated carbocycles. The second kappa shape index (κ2) is 10.1. The quantitative estimate of drug-likeness (QED) is 0.491. The van der Waals surface area contributed by atoms with Crippen LogP contribution >= 0.6 is 0 Å². The molecule has 8 heteroatoms. The Morgan fingerprint density at radius 3 is 2.91 bits per heavy atom. The van der Waals surface area contributed by atoms with Crippen LogP contribution in [0.5, 0.6) is 5.75 Å². The zero-order valence-corrected chi connectivity index (χ0v) is 18.3. The minimum absolute atomic E-state index is 0.0885. The standard InChI is InChI=1S/C24H25FN4O3/c1-5-27-16(3)10-15(2)18-6-7-21(19(11-18)12-26)32-22-8-9-29(14-20(22)25)24(30)23-13-28-17(4)31-23/h5-7,10-11,13,20,22H,2,8-9,14H2,1,3-4H3/b16-10-,27-5?. The van der Waals surface area contributed by atoms with Gasteiger partial charge in [0.2, 0.25) is 5.76 Å². The van der Waals surface area contributed by atoms with Crippen molar-refractivity contribution in [2.24, 2.45) is 4.99 Å². The molecule has 2 aromatic rings. The van der Waals surface area contributed by atoms with Gasteiger partial charge in [-0.3, -0.25) is 9.79 Å². The van der Waals surface area contributed by atoms with Crippen molar-refractivity contribution in [1.29, 1.82) is 5.26 Å². The van der Waals surface area contributed by atoms with Crippen LogP contribution in [-0.4, -0.2) is 47.4 Å². The molecule has 1 aliphatic heterocycles. The molecule has 0 N–H and O–H groups in total. The van der Waals surface area contributed by atoms with E-state index in [1.165, 1.54) is 11.1 Å². The van der Waals surface area contributed by atoms with E-state index in [1.807, 2.05) is 19.9 Å². The zero-order valence-electron chi connectivity index (χ0n) is 18.3. The van der Waals surface area contributed by atoms with Crippen LogP contribution in [0, 0.1) is 18.3 Å². The minimum Gasteiger partial charge on any atom is -0.486 e. The molecule has 2 heterocycles. The van der Waals surface area contributed by atoms with E-state index in [4.69, 9.17) is 9.15 Å². The van der Waals surface area contributed by atoms with Gasteiger partial charge >= 0.3 is 0 Å². The lowest BCUT2D eigenvalue weighted by atomic mass is 10.0. The fourth-order valence-electron chi connectivity index (χ4n) is 3.48.